The van der Waals surface area contributed by atoms with Crippen LogP contribution >= 0.6 is 23.2 Å². The van der Waals surface area contributed by atoms with E-state index in [1.54, 1.807) is 18.2 Å². The van der Waals surface area contributed by atoms with Crippen molar-refractivity contribution in [3.63, 3.8) is 0 Å². The summed E-state index contributed by atoms with van der Waals surface area (Å²) in [6.45, 7) is -3.47. The zero-order valence-corrected chi connectivity index (χ0v) is 16.7. The van der Waals surface area contributed by atoms with Gasteiger partial charge in [-0.25, -0.2) is 0 Å². The molecule has 0 bridgehead atoms. The number of rotatable bonds is 4. The minimum absolute atomic E-state index is 0. The largest absolute Gasteiger partial charge is 1.00 e. The van der Waals surface area contributed by atoms with Crippen LogP contribution in [0.4, 0.5) is 12.9 Å². The van der Waals surface area contributed by atoms with Gasteiger partial charge in [0.2, 0.25) is 0 Å². The van der Waals surface area contributed by atoms with Crippen LogP contribution in [0.25, 0.3) is 0 Å². The Balaban J connectivity index is 0.00000242. The molecule has 0 unspecified atom stereocenters. The predicted molar refractivity (Wildman–Crippen MR) is 80.7 cm³/mol. The van der Waals surface area contributed by atoms with Crippen molar-refractivity contribution in [3.05, 3.63) is 57.6 Å². The Morgan fingerprint density at radius 2 is 1.77 bits per heavy atom. The summed E-state index contributed by atoms with van der Waals surface area (Å²) in [6, 6.07) is 8.82. The molecule has 0 aliphatic carbocycles. The fourth-order valence-corrected chi connectivity index (χ4v) is 2.30. The van der Waals surface area contributed by atoms with Gasteiger partial charge in [-0.1, -0.05) is 47.0 Å². The zero-order valence-electron chi connectivity index (χ0n) is 12.0. The maximum atomic E-state index is 12.7. The quantitative estimate of drug-likeness (QED) is 0.745. The molecule has 1 nitrogen and oxygen atoms in total. The van der Waals surface area contributed by atoms with E-state index in [1.807, 2.05) is 0 Å². The maximum absolute atomic E-state index is 12.7. The minimum atomic E-state index is -5.01. The first-order chi connectivity index (χ1) is 9.79. The summed E-state index contributed by atoms with van der Waals surface area (Å²) in [4.78, 5) is 0. The number of ether oxygens (including phenoxy) is 1. The van der Waals surface area contributed by atoms with E-state index in [-0.39, 0.29) is 63.6 Å². The molecule has 0 saturated heterocycles. The standard InChI is InChI=1S/C14H11BCl2F3O.K/c1-9-7-11(5-6-12(9)15(18,19)20)21-8-10-3-2-4-13(16)14(10)17;/h2-7H,8H2,1H3;/q-1;+1. The van der Waals surface area contributed by atoms with Gasteiger partial charge in [-0.05, 0) is 25.1 Å². The summed E-state index contributed by atoms with van der Waals surface area (Å²) in [5, 5.41) is 0.787. The van der Waals surface area contributed by atoms with Crippen molar-refractivity contribution in [2.45, 2.75) is 13.5 Å². The first kappa shape index (κ1) is 20.4. The summed E-state index contributed by atoms with van der Waals surface area (Å²) < 4.78 is 43.6. The van der Waals surface area contributed by atoms with Gasteiger partial charge < -0.3 is 17.7 Å². The normalized spacial score (nSPS) is 11.0. The molecule has 0 radical (unpaired) electrons. The SMILES string of the molecule is Cc1cc(OCc2cccc(Cl)c2Cl)ccc1[B-](F)(F)F.[K+]. The van der Waals surface area contributed by atoms with Crippen molar-refractivity contribution in [2.75, 3.05) is 0 Å². The van der Waals surface area contributed by atoms with E-state index in [0.29, 0.717) is 21.4 Å². The van der Waals surface area contributed by atoms with Crippen LogP contribution in [-0.2, 0) is 6.61 Å². The van der Waals surface area contributed by atoms with Crippen LogP contribution in [0.3, 0.4) is 0 Å². The van der Waals surface area contributed by atoms with Crippen LogP contribution in [0.15, 0.2) is 36.4 Å². The van der Waals surface area contributed by atoms with Gasteiger partial charge in [-0.3, -0.25) is 0 Å². The molecule has 2 rings (SSSR count). The zero-order chi connectivity index (χ0) is 15.6. The number of hydrogen-bond acceptors (Lipinski definition) is 1. The fraction of sp³-hybridized carbons (Fsp3) is 0.143. The van der Waals surface area contributed by atoms with Gasteiger partial charge in [-0.15, -0.1) is 5.46 Å². The summed E-state index contributed by atoms with van der Waals surface area (Å²) >= 11 is 11.9. The average molecular weight is 373 g/mol. The third-order valence-electron chi connectivity index (χ3n) is 3.02. The molecule has 0 aromatic heterocycles. The van der Waals surface area contributed by atoms with Crippen LogP contribution in [0.5, 0.6) is 5.75 Å². The fourth-order valence-electron chi connectivity index (χ4n) is 1.93. The van der Waals surface area contributed by atoms with Crippen LogP contribution < -0.4 is 61.6 Å². The van der Waals surface area contributed by atoms with Crippen LogP contribution in [0.2, 0.25) is 10.0 Å². The second-order valence-electron chi connectivity index (χ2n) is 4.59. The van der Waals surface area contributed by atoms with E-state index in [2.05, 4.69) is 0 Å². The van der Waals surface area contributed by atoms with Gasteiger partial charge in [0.25, 0.3) is 0 Å². The summed E-state index contributed by atoms with van der Waals surface area (Å²) in [6.07, 6.45) is 0. The monoisotopic (exact) mass is 372 g/mol. The topological polar surface area (TPSA) is 9.23 Å². The molecule has 2 aromatic rings. The molecule has 2 aromatic carbocycles. The van der Waals surface area contributed by atoms with Crippen molar-refractivity contribution in [1.29, 1.82) is 0 Å². The van der Waals surface area contributed by atoms with Crippen molar-refractivity contribution in [1.82, 2.24) is 0 Å². The molecule has 0 fully saturated rings. The minimum Gasteiger partial charge on any atom is -0.489 e. The van der Waals surface area contributed by atoms with Gasteiger partial charge in [0.05, 0.1) is 10.0 Å². The predicted octanol–water partition coefficient (Wildman–Crippen LogP) is 1.94. The summed E-state index contributed by atoms with van der Waals surface area (Å²) in [5.74, 6) is 0.354. The molecule has 112 valence electrons. The Hall–Kier alpha value is 0.311. The second-order valence-corrected chi connectivity index (χ2v) is 5.38. The van der Waals surface area contributed by atoms with Gasteiger partial charge in [0, 0.05) is 5.56 Å². The van der Waals surface area contributed by atoms with Crippen LogP contribution in [-0.4, -0.2) is 6.98 Å². The number of halogens is 5. The van der Waals surface area contributed by atoms with E-state index in [0.717, 1.165) is 6.07 Å². The Bertz CT molecular complexity index is 665. The molecule has 0 spiro atoms. The van der Waals surface area contributed by atoms with Crippen LogP contribution in [0.1, 0.15) is 11.1 Å². The Labute approximate surface area is 179 Å². The van der Waals surface area contributed by atoms with Crippen molar-refractivity contribution < 1.29 is 69.1 Å². The third kappa shape index (κ3) is 5.16. The molecule has 0 N–H and O–H groups in total. The molecule has 0 saturated carbocycles. The molecular weight excluding hydrogens is 362 g/mol. The van der Waals surface area contributed by atoms with Gasteiger partial charge in [0.15, 0.2) is 0 Å². The molecule has 0 atom stereocenters. The number of benzene rings is 2. The Morgan fingerprint density at radius 3 is 2.36 bits per heavy atom. The van der Waals surface area contributed by atoms with E-state index < -0.39 is 12.4 Å². The van der Waals surface area contributed by atoms with E-state index in [4.69, 9.17) is 27.9 Å². The first-order valence-corrected chi connectivity index (χ1v) is 6.91. The number of hydrogen-bond donors (Lipinski definition) is 0. The van der Waals surface area contributed by atoms with Crippen LogP contribution in [0, 0.1) is 6.92 Å². The molecule has 22 heavy (non-hydrogen) atoms. The van der Waals surface area contributed by atoms with E-state index in [9.17, 15) is 12.9 Å². The Kier molecular flexibility index (Phi) is 7.79. The summed E-state index contributed by atoms with van der Waals surface area (Å²) in [7, 11) is 0. The van der Waals surface area contributed by atoms with E-state index in [1.165, 1.54) is 19.1 Å². The molecule has 0 aliphatic heterocycles. The van der Waals surface area contributed by atoms with Gasteiger partial charge in [-0.2, -0.15) is 0 Å². The number of aryl methyl sites for hydroxylation is 1. The maximum Gasteiger partial charge on any atom is 1.00 e. The molecule has 0 heterocycles. The summed E-state index contributed by atoms with van der Waals surface area (Å²) in [5.41, 5.74) is 0.200. The molecule has 0 aliphatic rings. The second kappa shape index (κ2) is 8.42. The van der Waals surface area contributed by atoms with E-state index >= 15 is 0 Å². The van der Waals surface area contributed by atoms with Crippen molar-refractivity contribution >= 4 is 35.6 Å². The van der Waals surface area contributed by atoms with Crippen molar-refractivity contribution in [3.8, 4) is 5.75 Å². The van der Waals surface area contributed by atoms with Gasteiger partial charge >= 0.3 is 58.4 Å². The molecule has 0 amide bonds. The third-order valence-corrected chi connectivity index (χ3v) is 3.88. The molecular formula is C14H11BCl2F3KO. The first-order valence-electron chi connectivity index (χ1n) is 6.15. The van der Waals surface area contributed by atoms with Crippen molar-refractivity contribution in [2.24, 2.45) is 0 Å². The Morgan fingerprint density at radius 1 is 1.09 bits per heavy atom. The van der Waals surface area contributed by atoms with Gasteiger partial charge in [0.1, 0.15) is 12.4 Å². The average Bonchev–Trinajstić information content (AvgIpc) is 2.39. The smallest absolute Gasteiger partial charge is 0.489 e. The molecule has 8 heteroatoms.